The van der Waals surface area contributed by atoms with Crippen molar-refractivity contribution in [2.75, 3.05) is 4.72 Å². The maximum atomic E-state index is 12.1. The van der Waals surface area contributed by atoms with Gasteiger partial charge >= 0.3 is 5.97 Å². The third-order valence-corrected chi connectivity index (χ3v) is 5.67. The predicted octanol–water partition coefficient (Wildman–Crippen LogP) is 1.09. The van der Waals surface area contributed by atoms with Crippen molar-refractivity contribution in [1.82, 2.24) is 10.2 Å². The van der Waals surface area contributed by atoms with Crippen molar-refractivity contribution < 1.29 is 18.3 Å². The summed E-state index contributed by atoms with van der Waals surface area (Å²) in [6.07, 6.45) is 0. The molecule has 0 unspecified atom stereocenters. The molecule has 2 heterocycles. The van der Waals surface area contributed by atoms with Crippen molar-refractivity contribution in [3.05, 3.63) is 37.2 Å². The summed E-state index contributed by atoms with van der Waals surface area (Å²) in [5.74, 6) is -1.31. The van der Waals surface area contributed by atoms with Crippen molar-refractivity contribution in [3.8, 4) is 0 Å². The molecule has 20 heavy (non-hydrogen) atoms. The fourth-order valence-corrected chi connectivity index (χ4v) is 4.64. The lowest BCUT2D eigenvalue weighted by atomic mass is 10.5. The first kappa shape index (κ1) is 14.7. The molecule has 2 aromatic heterocycles. The van der Waals surface area contributed by atoms with Crippen molar-refractivity contribution in [3.63, 3.8) is 0 Å². The van der Waals surface area contributed by atoms with Crippen LogP contribution in [0.2, 0.25) is 0 Å². The number of sulfonamides is 1. The topological polar surface area (TPSA) is 129 Å². The summed E-state index contributed by atoms with van der Waals surface area (Å²) in [6, 6.07) is 3.33. The average Bonchev–Trinajstić information content (AvgIpc) is 2.75. The Labute approximate surface area is 124 Å². The first-order valence-corrected chi connectivity index (χ1v) is 8.00. The summed E-state index contributed by atoms with van der Waals surface area (Å²) in [6.45, 7) is 0. The fourth-order valence-electron chi connectivity index (χ4n) is 1.23. The van der Waals surface area contributed by atoms with Gasteiger partial charge in [-0.25, -0.2) is 18.3 Å². The Balaban J connectivity index is 2.37. The number of nitrogens with zero attached hydrogens (tertiary/aromatic N) is 1. The Bertz CT molecular complexity index is 806. The second-order valence-electron chi connectivity index (χ2n) is 3.47. The van der Waals surface area contributed by atoms with Crippen LogP contribution >= 0.6 is 27.3 Å². The van der Waals surface area contributed by atoms with Gasteiger partial charge in [-0.2, -0.15) is 5.10 Å². The molecule has 0 atom stereocenters. The molecule has 2 rings (SSSR count). The van der Waals surface area contributed by atoms with Gasteiger partial charge in [0, 0.05) is 6.07 Å². The van der Waals surface area contributed by atoms with Crippen molar-refractivity contribution in [2.24, 2.45) is 0 Å². The SMILES string of the molecule is O=C(O)c1cc(S(=O)(=O)Nc2ccc(=O)[nH]n2)c(Br)s1. The quantitative estimate of drug-likeness (QED) is 0.728. The number of nitrogens with one attached hydrogen (secondary N) is 2. The van der Waals surface area contributed by atoms with Gasteiger partial charge < -0.3 is 5.11 Å². The van der Waals surface area contributed by atoms with Crippen LogP contribution in [-0.2, 0) is 10.0 Å². The van der Waals surface area contributed by atoms with Crippen LogP contribution in [0.5, 0.6) is 0 Å². The van der Waals surface area contributed by atoms with E-state index in [1.165, 1.54) is 6.07 Å². The number of hydrogen-bond acceptors (Lipinski definition) is 6. The largest absolute Gasteiger partial charge is 0.477 e. The van der Waals surface area contributed by atoms with E-state index in [9.17, 15) is 18.0 Å². The van der Waals surface area contributed by atoms with E-state index in [-0.39, 0.29) is 19.4 Å². The Morgan fingerprint density at radius 3 is 2.65 bits per heavy atom. The predicted molar refractivity (Wildman–Crippen MR) is 74.6 cm³/mol. The average molecular weight is 380 g/mol. The Kier molecular flexibility index (Phi) is 3.92. The molecule has 0 aliphatic carbocycles. The number of aromatic carboxylic acids is 1. The van der Waals surface area contributed by atoms with E-state index in [0.29, 0.717) is 0 Å². The second-order valence-corrected chi connectivity index (χ2v) is 7.49. The molecule has 0 bridgehead atoms. The van der Waals surface area contributed by atoms with Gasteiger partial charge in [0.15, 0.2) is 5.82 Å². The van der Waals surface area contributed by atoms with Gasteiger partial charge in [0.05, 0.1) is 3.79 Å². The number of H-pyrrole nitrogens is 1. The summed E-state index contributed by atoms with van der Waals surface area (Å²) in [5, 5.41) is 14.4. The monoisotopic (exact) mass is 379 g/mol. The van der Waals surface area contributed by atoms with Gasteiger partial charge in [-0.05, 0) is 28.1 Å². The van der Waals surface area contributed by atoms with E-state index >= 15 is 0 Å². The fraction of sp³-hybridized carbons (Fsp3) is 0. The molecule has 0 aliphatic rings. The molecule has 0 saturated heterocycles. The van der Waals surface area contributed by atoms with Crippen LogP contribution in [0.15, 0.2) is 31.7 Å². The maximum Gasteiger partial charge on any atom is 0.345 e. The molecule has 0 amide bonds. The Hall–Kier alpha value is -1.72. The highest BCUT2D eigenvalue weighted by Gasteiger charge is 2.23. The normalized spacial score (nSPS) is 11.2. The van der Waals surface area contributed by atoms with Gasteiger partial charge in [0.1, 0.15) is 9.77 Å². The lowest BCUT2D eigenvalue weighted by Gasteiger charge is -2.05. The molecule has 2 aromatic rings. The van der Waals surface area contributed by atoms with Crippen molar-refractivity contribution in [2.45, 2.75) is 4.90 Å². The molecule has 0 fully saturated rings. The van der Waals surface area contributed by atoms with E-state index in [1.807, 2.05) is 0 Å². The molecule has 3 N–H and O–H groups in total. The Morgan fingerprint density at radius 1 is 1.45 bits per heavy atom. The molecular weight excluding hydrogens is 374 g/mol. The number of aromatic nitrogens is 2. The minimum Gasteiger partial charge on any atom is -0.477 e. The summed E-state index contributed by atoms with van der Waals surface area (Å²) < 4.78 is 26.5. The van der Waals surface area contributed by atoms with E-state index in [1.54, 1.807) is 0 Å². The van der Waals surface area contributed by atoms with Crippen molar-refractivity contribution >= 4 is 49.1 Å². The zero-order chi connectivity index (χ0) is 14.9. The maximum absolute atomic E-state index is 12.1. The second kappa shape index (κ2) is 5.34. The number of anilines is 1. The number of thiophene rings is 1. The third-order valence-electron chi connectivity index (χ3n) is 2.07. The number of carboxylic acid groups (broad SMARTS) is 1. The van der Waals surface area contributed by atoms with Crippen LogP contribution < -0.4 is 10.3 Å². The van der Waals surface area contributed by atoms with E-state index in [2.05, 4.69) is 30.8 Å². The molecule has 0 saturated carbocycles. The number of rotatable bonds is 4. The van der Waals surface area contributed by atoms with Crippen LogP contribution in [0.3, 0.4) is 0 Å². The Morgan fingerprint density at radius 2 is 2.15 bits per heavy atom. The van der Waals surface area contributed by atoms with E-state index in [0.717, 1.165) is 23.5 Å². The van der Waals surface area contributed by atoms with Gasteiger partial charge in [0.25, 0.3) is 15.6 Å². The number of aromatic amines is 1. The van der Waals surface area contributed by atoms with Gasteiger partial charge in [-0.3, -0.25) is 9.52 Å². The smallest absolute Gasteiger partial charge is 0.345 e. The number of carboxylic acids is 1. The van der Waals surface area contributed by atoms with Gasteiger partial charge in [0.2, 0.25) is 0 Å². The van der Waals surface area contributed by atoms with Crippen molar-refractivity contribution in [1.29, 1.82) is 0 Å². The molecule has 0 aliphatic heterocycles. The highest BCUT2D eigenvalue weighted by atomic mass is 79.9. The lowest BCUT2D eigenvalue weighted by Crippen LogP contribution is -2.16. The minimum absolute atomic E-state index is 0.0837. The molecular formula is C9H6BrN3O5S2. The highest BCUT2D eigenvalue weighted by Crippen LogP contribution is 2.32. The minimum atomic E-state index is -4.00. The molecule has 0 radical (unpaired) electrons. The van der Waals surface area contributed by atoms with Crippen LogP contribution in [0.4, 0.5) is 5.82 Å². The van der Waals surface area contributed by atoms with Gasteiger partial charge in [-0.15, -0.1) is 11.3 Å². The third kappa shape index (κ3) is 3.05. The number of halogens is 1. The van der Waals surface area contributed by atoms with E-state index in [4.69, 9.17) is 5.11 Å². The summed E-state index contributed by atoms with van der Waals surface area (Å²) in [7, 11) is -4.00. The summed E-state index contributed by atoms with van der Waals surface area (Å²) in [4.78, 5) is 21.3. The molecule has 11 heteroatoms. The first-order valence-electron chi connectivity index (χ1n) is 4.91. The number of carbonyl (C=O) groups is 1. The summed E-state index contributed by atoms with van der Waals surface area (Å²) in [5.41, 5.74) is -0.474. The lowest BCUT2D eigenvalue weighted by molar-refractivity contribution is 0.0702. The molecule has 106 valence electrons. The molecule has 8 nitrogen and oxygen atoms in total. The van der Waals surface area contributed by atoms with E-state index < -0.39 is 21.6 Å². The highest BCUT2D eigenvalue weighted by molar-refractivity contribution is 9.11. The van der Waals surface area contributed by atoms with Crippen LogP contribution in [0.25, 0.3) is 0 Å². The molecule has 0 spiro atoms. The summed E-state index contributed by atoms with van der Waals surface area (Å²) >= 11 is 3.79. The van der Waals surface area contributed by atoms with Crippen LogP contribution in [0, 0.1) is 0 Å². The van der Waals surface area contributed by atoms with Crippen LogP contribution in [-0.4, -0.2) is 29.7 Å². The zero-order valence-corrected chi connectivity index (χ0v) is 12.7. The number of hydrogen-bond donors (Lipinski definition) is 3. The van der Waals surface area contributed by atoms with Gasteiger partial charge in [-0.1, -0.05) is 0 Å². The zero-order valence-electron chi connectivity index (χ0n) is 9.45. The first-order chi connectivity index (χ1) is 9.29. The standard InChI is InChI=1S/C9H6BrN3O5S2/c10-8-5(3-4(19-8)9(15)16)20(17,18)13-6-1-2-7(14)12-11-6/h1-3H,(H,11,13)(H,12,14)(H,15,16). The van der Waals surface area contributed by atoms with Crippen LogP contribution in [0.1, 0.15) is 9.67 Å². The molecule has 0 aromatic carbocycles.